The molecule has 0 aliphatic rings. The molecule has 2 rings (SSSR count). The monoisotopic (exact) mass is 367 g/mol. The molecule has 0 saturated heterocycles. The number of rotatable bonds is 5. The van der Waals surface area contributed by atoms with Crippen LogP contribution in [0.3, 0.4) is 0 Å². The van der Waals surface area contributed by atoms with Gasteiger partial charge in [0, 0.05) is 0 Å². The van der Waals surface area contributed by atoms with Gasteiger partial charge in [0.05, 0.1) is 28.4 Å². The Bertz CT molecular complexity index is 764. The van der Waals surface area contributed by atoms with Crippen molar-refractivity contribution in [1.29, 1.82) is 0 Å². The highest BCUT2D eigenvalue weighted by molar-refractivity contribution is 6.43. The van der Waals surface area contributed by atoms with E-state index in [1.807, 2.05) is 0 Å². The van der Waals surface area contributed by atoms with Gasteiger partial charge in [-0.1, -0.05) is 41.4 Å². The first-order valence-corrected chi connectivity index (χ1v) is 7.78. The van der Waals surface area contributed by atoms with E-state index < -0.39 is 18.0 Å². The third kappa shape index (κ3) is 4.19. The van der Waals surface area contributed by atoms with E-state index in [-0.39, 0.29) is 15.6 Å². The summed E-state index contributed by atoms with van der Waals surface area (Å²) >= 11 is 11.8. The second kappa shape index (κ2) is 8.04. The maximum atomic E-state index is 12.2. The number of carbonyl (C=O) groups excluding carboxylic acids is 2. The largest absolute Gasteiger partial charge is 0.495 e. The van der Waals surface area contributed by atoms with Gasteiger partial charge in [-0.3, -0.25) is 4.79 Å². The van der Waals surface area contributed by atoms with Gasteiger partial charge in [-0.15, -0.1) is 0 Å². The summed E-state index contributed by atoms with van der Waals surface area (Å²) in [6.07, 6.45) is -1.03. The topological polar surface area (TPSA) is 64.6 Å². The Morgan fingerprint density at radius 1 is 1.08 bits per heavy atom. The second-order valence-corrected chi connectivity index (χ2v) is 5.62. The normalized spacial score (nSPS) is 11.5. The molecule has 0 heterocycles. The van der Waals surface area contributed by atoms with Crippen molar-refractivity contribution in [2.45, 2.75) is 13.0 Å². The number of halogens is 2. The van der Waals surface area contributed by atoms with Crippen molar-refractivity contribution in [3.05, 3.63) is 58.1 Å². The lowest BCUT2D eigenvalue weighted by Crippen LogP contribution is -2.30. The lowest BCUT2D eigenvalue weighted by molar-refractivity contribution is -0.123. The van der Waals surface area contributed by atoms with E-state index in [2.05, 4.69) is 5.32 Å². The predicted octanol–water partition coefficient (Wildman–Crippen LogP) is 4.19. The third-order valence-corrected chi connectivity index (χ3v) is 4.01. The standard InChI is InChI=1S/C17H15Cl2NO4/c1-10(16(21)20-13-8-3-4-9-14(13)23-2)24-17(22)11-6-5-7-12(18)15(11)19/h3-10H,1-2H3,(H,20,21)/t10-/m1/s1. The number of hydrogen-bond acceptors (Lipinski definition) is 4. The fraction of sp³-hybridized carbons (Fsp3) is 0.176. The molecule has 5 nitrogen and oxygen atoms in total. The van der Waals surface area contributed by atoms with Crippen molar-refractivity contribution in [2.75, 3.05) is 12.4 Å². The minimum atomic E-state index is -1.03. The summed E-state index contributed by atoms with van der Waals surface area (Å²) in [6.45, 7) is 1.46. The van der Waals surface area contributed by atoms with Gasteiger partial charge >= 0.3 is 5.97 Å². The molecule has 0 radical (unpaired) electrons. The molecular formula is C17H15Cl2NO4. The highest BCUT2D eigenvalue weighted by Gasteiger charge is 2.22. The molecule has 7 heteroatoms. The van der Waals surface area contributed by atoms with Gasteiger partial charge in [0.1, 0.15) is 5.75 Å². The first kappa shape index (κ1) is 18.1. The number of nitrogens with one attached hydrogen (secondary N) is 1. The van der Waals surface area contributed by atoms with Crippen LogP contribution in [0, 0.1) is 0 Å². The van der Waals surface area contributed by atoms with Crippen LogP contribution >= 0.6 is 23.2 Å². The van der Waals surface area contributed by atoms with E-state index in [0.717, 1.165) is 0 Å². The SMILES string of the molecule is COc1ccccc1NC(=O)[C@@H](C)OC(=O)c1cccc(Cl)c1Cl. The van der Waals surface area contributed by atoms with Crippen molar-refractivity contribution in [3.8, 4) is 5.75 Å². The molecular weight excluding hydrogens is 353 g/mol. The van der Waals surface area contributed by atoms with Crippen LogP contribution in [0.25, 0.3) is 0 Å². The zero-order valence-electron chi connectivity index (χ0n) is 13.0. The van der Waals surface area contributed by atoms with Crippen LogP contribution in [-0.2, 0) is 9.53 Å². The Morgan fingerprint density at radius 3 is 2.50 bits per heavy atom. The number of benzene rings is 2. The lowest BCUT2D eigenvalue weighted by Gasteiger charge is -2.15. The molecule has 0 fully saturated rings. The summed E-state index contributed by atoms with van der Waals surface area (Å²) in [5, 5.41) is 2.96. The van der Waals surface area contributed by atoms with E-state index >= 15 is 0 Å². The minimum absolute atomic E-state index is 0.0847. The van der Waals surface area contributed by atoms with Crippen molar-refractivity contribution in [3.63, 3.8) is 0 Å². The van der Waals surface area contributed by atoms with Crippen molar-refractivity contribution in [2.24, 2.45) is 0 Å². The summed E-state index contributed by atoms with van der Waals surface area (Å²) in [6, 6.07) is 11.5. The molecule has 0 unspecified atom stereocenters. The fourth-order valence-electron chi connectivity index (χ4n) is 1.92. The third-order valence-electron chi connectivity index (χ3n) is 3.19. The molecule has 1 N–H and O–H groups in total. The molecule has 126 valence electrons. The zero-order valence-corrected chi connectivity index (χ0v) is 14.5. The number of hydrogen-bond donors (Lipinski definition) is 1. The molecule has 0 spiro atoms. The van der Waals surface area contributed by atoms with Gasteiger partial charge < -0.3 is 14.8 Å². The van der Waals surface area contributed by atoms with Crippen molar-refractivity contribution >= 4 is 40.8 Å². The Labute approximate surface area is 149 Å². The van der Waals surface area contributed by atoms with Crippen LogP contribution in [0.15, 0.2) is 42.5 Å². The summed E-state index contributed by atoms with van der Waals surface area (Å²) in [4.78, 5) is 24.3. The smallest absolute Gasteiger partial charge is 0.340 e. The van der Waals surface area contributed by atoms with Gasteiger partial charge in [-0.25, -0.2) is 4.79 Å². The Kier molecular flexibility index (Phi) is 6.06. The van der Waals surface area contributed by atoms with Crippen LogP contribution in [0.5, 0.6) is 5.75 Å². The lowest BCUT2D eigenvalue weighted by atomic mass is 10.2. The van der Waals surface area contributed by atoms with Gasteiger partial charge in [0.25, 0.3) is 5.91 Å². The zero-order chi connectivity index (χ0) is 17.7. The molecule has 2 aromatic carbocycles. The van der Waals surface area contributed by atoms with Gasteiger partial charge in [-0.2, -0.15) is 0 Å². The Hall–Kier alpha value is -2.24. The average molecular weight is 368 g/mol. The number of ether oxygens (including phenoxy) is 2. The predicted molar refractivity (Wildman–Crippen MR) is 93.0 cm³/mol. The van der Waals surface area contributed by atoms with Gasteiger partial charge in [0.2, 0.25) is 0 Å². The Morgan fingerprint density at radius 2 is 1.79 bits per heavy atom. The molecule has 0 bridgehead atoms. The van der Waals surface area contributed by atoms with Gasteiger partial charge in [0.15, 0.2) is 6.10 Å². The van der Waals surface area contributed by atoms with Crippen LogP contribution in [0.1, 0.15) is 17.3 Å². The first-order chi connectivity index (χ1) is 11.4. The summed E-state index contributed by atoms with van der Waals surface area (Å²) in [7, 11) is 1.50. The van der Waals surface area contributed by atoms with Crippen LogP contribution < -0.4 is 10.1 Å². The number of amides is 1. The Balaban J connectivity index is 2.06. The van der Waals surface area contributed by atoms with Crippen LogP contribution in [0.2, 0.25) is 10.0 Å². The quantitative estimate of drug-likeness (QED) is 0.804. The second-order valence-electron chi connectivity index (χ2n) is 4.84. The molecule has 0 aliphatic carbocycles. The van der Waals surface area contributed by atoms with E-state index in [1.54, 1.807) is 36.4 Å². The first-order valence-electron chi connectivity index (χ1n) is 7.03. The molecule has 0 aromatic heterocycles. The van der Waals surface area contributed by atoms with Crippen molar-refractivity contribution in [1.82, 2.24) is 0 Å². The minimum Gasteiger partial charge on any atom is -0.495 e. The molecule has 24 heavy (non-hydrogen) atoms. The number of methoxy groups -OCH3 is 1. The molecule has 0 aliphatic heterocycles. The molecule has 1 atom stereocenters. The van der Waals surface area contributed by atoms with E-state index in [0.29, 0.717) is 11.4 Å². The van der Waals surface area contributed by atoms with Crippen LogP contribution in [-0.4, -0.2) is 25.1 Å². The van der Waals surface area contributed by atoms with Crippen LogP contribution in [0.4, 0.5) is 5.69 Å². The van der Waals surface area contributed by atoms with Crippen molar-refractivity contribution < 1.29 is 19.1 Å². The maximum absolute atomic E-state index is 12.2. The molecule has 1 amide bonds. The number of esters is 1. The van der Waals surface area contributed by atoms with E-state index in [4.69, 9.17) is 32.7 Å². The molecule has 0 saturated carbocycles. The summed E-state index contributed by atoms with van der Waals surface area (Å²) in [5.41, 5.74) is 0.579. The highest BCUT2D eigenvalue weighted by Crippen LogP contribution is 2.27. The number of para-hydroxylation sites is 2. The van der Waals surface area contributed by atoms with E-state index in [9.17, 15) is 9.59 Å². The summed E-state index contributed by atoms with van der Waals surface area (Å²) in [5.74, 6) is -0.724. The number of anilines is 1. The average Bonchev–Trinajstić information content (AvgIpc) is 2.57. The summed E-state index contributed by atoms with van der Waals surface area (Å²) < 4.78 is 10.3. The maximum Gasteiger partial charge on any atom is 0.340 e. The molecule has 2 aromatic rings. The highest BCUT2D eigenvalue weighted by atomic mass is 35.5. The number of carbonyl (C=O) groups is 2. The van der Waals surface area contributed by atoms with E-state index in [1.165, 1.54) is 20.1 Å². The fourth-order valence-corrected chi connectivity index (χ4v) is 2.30. The van der Waals surface area contributed by atoms with Gasteiger partial charge in [-0.05, 0) is 31.2 Å².